The molecular formula is C16H19ClO2S2. The summed E-state index contributed by atoms with van der Waals surface area (Å²) in [5, 5.41) is 0.728. The van der Waals surface area contributed by atoms with Crippen LogP contribution in [0.15, 0.2) is 29.2 Å². The van der Waals surface area contributed by atoms with Gasteiger partial charge in [-0.3, -0.25) is 4.79 Å². The third-order valence-corrected chi connectivity index (χ3v) is 6.98. The molecule has 0 aromatic heterocycles. The van der Waals surface area contributed by atoms with Gasteiger partial charge in [0, 0.05) is 23.2 Å². The summed E-state index contributed by atoms with van der Waals surface area (Å²) < 4.78 is 5.99. The zero-order valence-corrected chi connectivity index (χ0v) is 14.2. The first-order chi connectivity index (χ1) is 10.2. The molecule has 2 fully saturated rings. The van der Waals surface area contributed by atoms with Crippen LogP contribution in [0.3, 0.4) is 0 Å². The van der Waals surface area contributed by atoms with Crippen LogP contribution in [-0.2, 0) is 9.53 Å². The predicted octanol–water partition coefficient (Wildman–Crippen LogP) is 4.30. The molecule has 114 valence electrons. The molecule has 2 unspecified atom stereocenters. The van der Waals surface area contributed by atoms with Crippen molar-refractivity contribution in [2.75, 3.05) is 23.9 Å². The van der Waals surface area contributed by atoms with Gasteiger partial charge in [-0.1, -0.05) is 23.7 Å². The fourth-order valence-corrected chi connectivity index (χ4v) is 5.59. The summed E-state index contributed by atoms with van der Waals surface area (Å²) in [6, 6.07) is 7.71. The van der Waals surface area contributed by atoms with E-state index in [0.29, 0.717) is 11.5 Å². The lowest BCUT2D eigenvalue weighted by Gasteiger charge is -2.37. The minimum Gasteiger partial charge on any atom is -0.374 e. The number of ketones is 1. The first-order valence-electron chi connectivity index (χ1n) is 7.30. The molecule has 0 amide bonds. The molecule has 0 aliphatic carbocycles. The average Bonchev–Trinajstić information content (AvgIpc) is 2.94. The van der Waals surface area contributed by atoms with Gasteiger partial charge in [0.05, 0.1) is 16.4 Å². The van der Waals surface area contributed by atoms with E-state index in [1.807, 2.05) is 36.0 Å². The summed E-state index contributed by atoms with van der Waals surface area (Å²) in [6.07, 6.45) is 2.87. The number of rotatable bonds is 4. The Morgan fingerprint density at radius 1 is 1.48 bits per heavy atom. The second-order valence-electron chi connectivity index (χ2n) is 5.71. The standard InChI is InChI=1S/C16H19ClO2S2/c17-13-3-1-2-4-15(13)21-10-14(18)12-5-7-19-16(9-12)6-8-20-11-16/h1-4,12H,5-11H2. The monoisotopic (exact) mass is 342 g/mol. The van der Waals surface area contributed by atoms with Gasteiger partial charge in [0.2, 0.25) is 0 Å². The van der Waals surface area contributed by atoms with Gasteiger partial charge < -0.3 is 4.74 Å². The fourth-order valence-electron chi connectivity index (χ4n) is 2.99. The largest absolute Gasteiger partial charge is 0.374 e. The maximum atomic E-state index is 12.5. The van der Waals surface area contributed by atoms with E-state index in [4.69, 9.17) is 16.3 Å². The van der Waals surface area contributed by atoms with Crippen molar-refractivity contribution in [2.24, 2.45) is 5.92 Å². The molecule has 1 spiro atoms. The number of Topliss-reactive ketones (excluding diaryl/α,β-unsaturated/α-hetero) is 1. The third kappa shape index (κ3) is 3.79. The Bertz CT molecular complexity index is 515. The van der Waals surface area contributed by atoms with Gasteiger partial charge in [0.1, 0.15) is 5.78 Å². The fraction of sp³-hybridized carbons (Fsp3) is 0.562. The zero-order valence-electron chi connectivity index (χ0n) is 11.8. The number of benzene rings is 1. The van der Waals surface area contributed by atoms with Crippen molar-refractivity contribution >= 4 is 40.9 Å². The Hall–Kier alpha value is -0.160. The van der Waals surface area contributed by atoms with Gasteiger partial charge in [-0.25, -0.2) is 0 Å². The zero-order chi connectivity index (χ0) is 14.7. The van der Waals surface area contributed by atoms with Crippen LogP contribution in [0.5, 0.6) is 0 Å². The van der Waals surface area contributed by atoms with E-state index in [0.717, 1.165) is 47.3 Å². The van der Waals surface area contributed by atoms with E-state index in [-0.39, 0.29) is 11.5 Å². The molecule has 0 N–H and O–H groups in total. The quantitative estimate of drug-likeness (QED) is 0.762. The Kier molecular flexibility index (Phi) is 5.20. The van der Waals surface area contributed by atoms with Crippen molar-refractivity contribution < 1.29 is 9.53 Å². The normalized spacial score (nSPS) is 28.9. The van der Waals surface area contributed by atoms with Crippen LogP contribution >= 0.6 is 35.1 Å². The second kappa shape index (κ2) is 6.95. The van der Waals surface area contributed by atoms with Crippen molar-refractivity contribution in [3.05, 3.63) is 29.3 Å². The Labute approximate surface area is 139 Å². The number of hydrogen-bond donors (Lipinski definition) is 0. The highest BCUT2D eigenvalue weighted by molar-refractivity contribution is 8.00. The molecule has 21 heavy (non-hydrogen) atoms. The number of ether oxygens (including phenoxy) is 1. The lowest BCUT2D eigenvalue weighted by molar-refractivity contribution is -0.131. The molecule has 2 atom stereocenters. The van der Waals surface area contributed by atoms with Gasteiger partial charge in [0.15, 0.2) is 0 Å². The smallest absolute Gasteiger partial charge is 0.146 e. The van der Waals surface area contributed by atoms with E-state index in [2.05, 4.69) is 0 Å². The minimum absolute atomic E-state index is 0.0156. The molecule has 5 heteroatoms. The number of carbonyl (C=O) groups is 1. The van der Waals surface area contributed by atoms with Crippen molar-refractivity contribution in [2.45, 2.75) is 29.8 Å². The summed E-state index contributed by atoms with van der Waals surface area (Å²) >= 11 is 9.64. The van der Waals surface area contributed by atoms with Gasteiger partial charge in [-0.15, -0.1) is 11.8 Å². The molecule has 2 heterocycles. The Morgan fingerprint density at radius 2 is 2.33 bits per heavy atom. The predicted molar refractivity (Wildman–Crippen MR) is 90.5 cm³/mol. The summed E-state index contributed by atoms with van der Waals surface area (Å²) in [4.78, 5) is 13.5. The van der Waals surface area contributed by atoms with E-state index < -0.39 is 0 Å². The lowest BCUT2D eigenvalue weighted by atomic mass is 9.83. The molecule has 3 rings (SSSR count). The highest BCUT2D eigenvalue weighted by Crippen LogP contribution is 2.41. The molecule has 2 aliphatic heterocycles. The summed E-state index contributed by atoms with van der Waals surface area (Å²) in [5.74, 6) is 3.23. The molecule has 2 aliphatic rings. The van der Waals surface area contributed by atoms with E-state index in [1.54, 1.807) is 11.8 Å². The van der Waals surface area contributed by atoms with E-state index in [9.17, 15) is 4.79 Å². The van der Waals surface area contributed by atoms with Crippen LogP contribution in [0.4, 0.5) is 0 Å². The second-order valence-corrected chi connectivity index (χ2v) is 8.24. The minimum atomic E-state index is -0.0156. The van der Waals surface area contributed by atoms with Gasteiger partial charge in [-0.05, 0) is 37.1 Å². The van der Waals surface area contributed by atoms with E-state index in [1.165, 1.54) is 0 Å². The number of halogens is 1. The number of hydrogen-bond acceptors (Lipinski definition) is 4. The van der Waals surface area contributed by atoms with Crippen LogP contribution in [0.1, 0.15) is 19.3 Å². The summed E-state index contributed by atoms with van der Waals surface area (Å²) in [7, 11) is 0. The summed E-state index contributed by atoms with van der Waals surface area (Å²) in [5.41, 5.74) is -0.0156. The Balaban J connectivity index is 1.57. The average molecular weight is 343 g/mol. The first kappa shape index (κ1) is 15.7. The molecule has 0 saturated carbocycles. The highest BCUT2D eigenvalue weighted by Gasteiger charge is 2.42. The van der Waals surface area contributed by atoms with Crippen molar-refractivity contribution in [3.63, 3.8) is 0 Å². The van der Waals surface area contributed by atoms with Crippen molar-refractivity contribution in [1.29, 1.82) is 0 Å². The molecule has 0 bridgehead atoms. The Morgan fingerprint density at radius 3 is 3.10 bits per heavy atom. The lowest BCUT2D eigenvalue weighted by Crippen LogP contribution is -2.42. The molecule has 2 nitrogen and oxygen atoms in total. The van der Waals surface area contributed by atoms with Crippen molar-refractivity contribution in [3.8, 4) is 0 Å². The number of thioether (sulfide) groups is 2. The molecule has 0 radical (unpaired) electrons. The van der Waals surface area contributed by atoms with E-state index >= 15 is 0 Å². The third-order valence-electron chi connectivity index (χ3n) is 4.22. The highest BCUT2D eigenvalue weighted by atomic mass is 35.5. The molecule has 1 aromatic rings. The van der Waals surface area contributed by atoms with Crippen LogP contribution in [0.25, 0.3) is 0 Å². The van der Waals surface area contributed by atoms with Gasteiger partial charge in [-0.2, -0.15) is 11.8 Å². The topological polar surface area (TPSA) is 26.3 Å². The van der Waals surface area contributed by atoms with Crippen LogP contribution in [0.2, 0.25) is 5.02 Å². The molecule has 1 aromatic carbocycles. The van der Waals surface area contributed by atoms with Gasteiger partial charge >= 0.3 is 0 Å². The maximum absolute atomic E-state index is 12.5. The number of carbonyl (C=O) groups excluding carboxylic acids is 1. The van der Waals surface area contributed by atoms with Crippen LogP contribution < -0.4 is 0 Å². The first-order valence-corrected chi connectivity index (χ1v) is 9.82. The van der Waals surface area contributed by atoms with Crippen LogP contribution in [-0.4, -0.2) is 35.2 Å². The maximum Gasteiger partial charge on any atom is 0.146 e. The van der Waals surface area contributed by atoms with Crippen LogP contribution in [0, 0.1) is 5.92 Å². The van der Waals surface area contributed by atoms with Crippen molar-refractivity contribution in [1.82, 2.24) is 0 Å². The SMILES string of the molecule is O=C(CSc1ccccc1Cl)C1CCOC2(CCSC2)C1. The summed E-state index contributed by atoms with van der Waals surface area (Å²) in [6.45, 7) is 0.730. The van der Waals surface area contributed by atoms with Gasteiger partial charge in [0.25, 0.3) is 0 Å². The molecule has 2 saturated heterocycles. The molecular weight excluding hydrogens is 324 g/mol.